The van der Waals surface area contributed by atoms with Gasteiger partial charge < -0.3 is 10.5 Å². The van der Waals surface area contributed by atoms with E-state index in [1.807, 2.05) is 19.9 Å². The highest BCUT2D eigenvalue weighted by molar-refractivity contribution is 5.44. The van der Waals surface area contributed by atoms with Crippen LogP contribution >= 0.6 is 0 Å². The van der Waals surface area contributed by atoms with Crippen LogP contribution in [0.3, 0.4) is 0 Å². The number of halogens is 1. The number of aryl methyl sites for hydroxylation is 2. The Bertz CT molecular complexity index is 623. The van der Waals surface area contributed by atoms with Gasteiger partial charge in [0.2, 0.25) is 0 Å². The minimum Gasteiger partial charge on any atom is -0.488 e. The van der Waals surface area contributed by atoms with Crippen LogP contribution in [0.15, 0.2) is 30.3 Å². The normalized spacial score (nSPS) is 10.7. The Hall–Kier alpha value is -1.87. The minimum atomic E-state index is -0.267. The topological polar surface area (TPSA) is 35.2 Å². The second-order valence-electron chi connectivity index (χ2n) is 5.06. The van der Waals surface area contributed by atoms with Crippen LogP contribution in [0, 0.1) is 26.6 Å². The van der Waals surface area contributed by atoms with Crippen molar-refractivity contribution in [3.63, 3.8) is 0 Å². The Morgan fingerprint density at radius 1 is 1.00 bits per heavy atom. The summed E-state index contributed by atoms with van der Waals surface area (Å²) in [6.45, 7) is 6.84. The first-order valence-electron chi connectivity index (χ1n) is 6.70. The molecule has 0 aliphatic heterocycles. The van der Waals surface area contributed by atoms with Gasteiger partial charge >= 0.3 is 0 Å². The zero-order valence-electron chi connectivity index (χ0n) is 12.2. The van der Waals surface area contributed by atoms with E-state index in [-0.39, 0.29) is 5.82 Å². The van der Waals surface area contributed by atoms with E-state index in [0.717, 1.165) is 28.0 Å². The highest BCUT2D eigenvalue weighted by Crippen LogP contribution is 2.27. The number of benzene rings is 2. The van der Waals surface area contributed by atoms with Crippen LogP contribution in [0.25, 0.3) is 0 Å². The maximum atomic E-state index is 13.2. The summed E-state index contributed by atoms with van der Waals surface area (Å²) >= 11 is 0. The molecule has 0 unspecified atom stereocenters. The average Bonchev–Trinajstić information content (AvgIpc) is 2.44. The van der Waals surface area contributed by atoms with E-state index in [1.165, 1.54) is 17.7 Å². The molecule has 2 aromatic rings. The molecule has 3 heteroatoms. The van der Waals surface area contributed by atoms with Crippen molar-refractivity contribution in [2.75, 3.05) is 0 Å². The quantitative estimate of drug-likeness (QED) is 0.920. The molecular formula is C17H20FNO. The summed E-state index contributed by atoms with van der Waals surface area (Å²) in [4.78, 5) is 0. The fourth-order valence-electron chi connectivity index (χ4n) is 2.22. The molecule has 2 rings (SSSR count). The lowest BCUT2D eigenvalue weighted by Crippen LogP contribution is -2.06. The Labute approximate surface area is 119 Å². The number of hydrogen-bond donors (Lipinski definition) is 1. The molecule has 0 atom stereocenters. The molecule has 0 fully saturated rings. The summed E-state index contributed by atoms with van der Waals surface area (Å²) in [7, 11) is 0. The molecule has 0 radical (unpaired) electrons. The molecule has 2 N–H and O–H groups in total. The number of rotatable bonds is 4. The largest absolute Gasteiger partial charge is 0.488 e. The molecule has 20 heavy (non-hydrogen) atoms. The van der Waals surface area contributed by atoms with Crippen LogP contribution in [0.1, 0.15) is 27.8 Å². The van der Waals surface area contributed by atoms with Crippen molar-refractivity contribution < 1.29 is 9.13 Å². The summed E-state index contributed by atoms with van der Waals surface area (Å²) < 4.78 is 19.1. The molecule has 0 amide bonds. The number of ether oxygens (including phenoxy) is 1. The molecular weight excluding hydrogens is 253 g/mol. The van der Waals surface area contributed by atoms with Gasteiger partial charge in [-0.15, -0.1) is 0 Å². The molecule has 2 nitrogen and oxygen atoms in total. The van der Waals surface area contributed by atoms with Crippen molar-refractivity contribution in [2.24, 2.45) is 5.73 Å². The van der Waals surface area contributed by atoms with Crippen LogP contribution in [0.5, 0.6) is 5.75 Å². The van der Waals surface area contributed by atoms with Gasteiger partial charge in [-0.1, -0.05) is 18.2 Å². The molecule has 0 aliphatic rings. The van der Waals surface area contributed by atoms with E-state index in [2.05, 4.69) is 13.0 Å². The van der Waals surface area contributed by atoms with Gasteiger partial charge in [-0.3, -0.25) is 0 Å². The predicted molar refractivity (Wildman–Crippen MR) is 79.3 cm³/mol. The zero-order valence-corrected chi connectivity index (χ0v) is 12.2. The Balaban J connectivity index is 2.23. The van der Waals surface area contributed by atoms with Crippen molar-refractivity contribution in [1.82, 2.24) is 0 Å². The minimum absolute atomic E-state index is 0.267. The monoisotopic (exact) mass is 273 g/mol. The van der Waals surface area contributed by atoms with Crippen LogP contribution in [-0.4, -0.2) is 0 Å². The standard InChI is InChI=1S/C17H20FNO/c1-11-4-5-12(2)17(13(11)3)20-10-14-6-7-16(18)8-15(14)9-19/h4-8H,9-10,19H2,1-3H3. The van der Waals surface area contributed by atoms with Gasteiger partial charge in [0, 0.05) is 6.54 Å². The fraction of sp³-hybridized carbons (Fsp3) is 0.294. The van der Waals surface area contributed by atoms with E-state index < -0.39 is 0 Å². The Morgan fingerprint density at radius 2 is 1.70 bits per heavy atom. The summed E-state index contributed by atoms with van der Waals surface area (Å²) in [6, 6.07) is 8.77. The average molecular weight is 273 g/mol. The van der Waals surface area contributed by atoms with Crippen molar-refractivity contribution >= 4 is 0 Å². The molecule has 0 saturated carbocycles. The maximum Gasteiger partial charge on any atom is 0.125 e. The molecule has 106 valence electrons. The van der Waals surface area contributed by atoms with Crippen molar-refractivity contribution in [3.05, 3.63) is 64.0 Å². The summed E-state index contributed by atoms with van der Waals surface area (Å²) in [5, 5.41) is 0. The van der Waals surface area contributed by atoms with Gasteiger partial charge in [0.25, 0.3) is 0 Å². The summed E-state index contributed by atoms with van der Waals surface area (Å²) in [6.07, 6.45) is 0. The van der Waals surface area contributed by atoms with Crippen molar-refractivity contribution in [1.29, 1.82) is 0 Å². The summed E-state index contributed by atoms with van der Waals surface area (Å²) in [5.74, 6) is 0.634. The van der Waals surface area contributed by atoms with Gasteiger partial charge in [0.1, 0.15) is 18.2 Å². The SMILES string of the molecule is Cc1ccc(C)c(OCc2ccc(F)cc2CN)c1C. The lowest BCUT2D eigenvalue weighted by Gasteiger charge is -2.15. The highest BCUT2D eigenvalue weighted by atomic mass is 19.1. The van der Waals surface area contributed by atoms with E-state index >= 15 is 0 Å². The van der Waals surface area contributed by atoms with E-state index in [4.69, 9.17) is 10.5 Å². The van der Waals surface area contributed by atoms with E-state index in [0.29, 0.717) is 13.2 Å². The second-order valence-corrected chi connectivity index (χ2v) is 5.06. The predicted octanol–water partition coefficient (Wildman–Crippen LogP) is 3.79. The van der Waals surface area contributed by atoms with Gasteiger partial charge in [-0.05, 0) is 60.7 Å². The van der Waals surface area contributed by atoms with Crippen LogP contribution in [0.2, 0.25) is 0 Å². The Morgan fingerprint density at radius 3 is 2.40 bits per heavy atom. The number of nitrogens with two attached hydrogens (primary N) is 1. The molecule has 0 aromatic heterocycles. The Kier molecular flexibility index (Phi) is 4.40. The van der Waals surface area contributed by atoms with Gasteiger partial charge in [0.15, 0.2) is 0 Å². The van der Waals surface area contributed by atoms with Gasteiger partial charge in [-0.25, -0.2) is 4.39 Å². The third kappa shape index (κ3) is 2.99. The van der Waals surface area contributed by atoms with Gasteiger partial charge in [0.05, 0.1) is 0 Å². The molecule has 2 aromatic carbocycles. The molecule has 0 bridgehead atoms. The van der Waals surface area contributed by atoms with Gasteiger partial charge in [-0.2, -0.15) is 0 Å². The highest BCUT2D eigenvalue weighted by Gasteiger charge is 2.09. The van der Waals surface area contributed by atoms with E-state index in [9.17, 15) is 4.39 Å². The molecule has 0 spiro atoms. The third-order valence-electron chi connectivity index (χ3n) is 3.63. The third-order valence-corrected chi connectivity index (χ3v) is 3.63. The van der Waals surface area contributed by atoms with Crippen LogP contribution in [0.4, 0.5) is 4.39 Å². The first-order valence-corrected chi connectivity index (χ1v) is 6.70. The van der Waals surface area contributed by atoms with Crippen LogP contribution in [-0.2, 0) is 13.2 Å². The smallest absolute Gasteiger partial charge is 0.125 e. The molecule has 0 saturated heterocycles. The lowest BCUT2D eigenvalue weighted by molar-refractivity contribution is 0.300. The first kappa shape index (κ1) is 14.5. The second kappa shape index (κ2) is 6.06. The molecule has 0 aliphatic carbocycles. The maximum absolute atomic E-state index is 13.2. The van der Waals surface area contributed by atoms with E-state index in [1.54, 1.807) is 6.07 Å². The number of hydrogen-bond acceptors (Lipinski definition) is 2. The van der Waals surface area contributed by atoms with Crippen LogP contribution < -0.4 is 10.5 Å². The lowest BCUT2D eigenvalue weighted by atomic mass is 10.0. The summed E-state index contributed by atoms with van der Waals surface area (Å²) in [5.41, 5.74) is 10.8. The first-order chi connectivity index (χ1) is 9.52. The van der Waals surface area contributed by atoms with Crippen molar-refractivity contribution in [2.45, 2.75) is 33.9 Å². The fourth-order valence-corrected chi connectivity index (χ4v) is 2.22. The molecule has 0 heterocycles. The zero-order chi connectivity index (χ0) is 14.7. The van der Waals surface area contributed by atoms with Crippen molar-refractivity contribution in [3.8, 4) is 5.75 Å².